The molecule has 8 nitrogen and oxygen atoms in total. The van der Waals surface area contributed by atoms with Crippen LogP contribution in [0.3, 0.4) is 0 Å². The van der Waals surface area contributed by atoms with E-state index >= 15 is 0 Å². The average molecular weight is 542 g/mol. The van der Waals surface area contributed by atoms with Crippen molar-refractivity contribution in [2.75, 3.05) is 40.5 Å². The largest absolute Gasteiger partial charge is 0.465 e. The Balaban J connectivity index is 0.00000341. The maximum atomic E-state index is 11.7. The lowest BCUT2D eigenvalue weighted by atomic mass is 10.1. The summed E-state index contributed by atoms with van der Waals surface area (Å²) in [6.07, 6.45) is 0. The van der Waals surface area contributed by atoms with Crippen molar-refractivity contribution >= 4 is 35.9 Å². The van der Waals surface area contributed by atoms with Crippen LogP contribution in [0.4, 0.5) is 0 Å². The van der Waals surface area contributed by atoms with E-state index in [0.717, 1.165) is 32.8 Å². The molecule has 3 rings (SSSR count). The quantitative estimate of drug-likeness (QED) is 0.241. The summed E-state index contributed by atoms with van der Waals surface area (Å²) in [6.45, 7) is 7.23. The third kappa shape index (κ3) is 7.22. The first-order valence-electron chi connectivity index (χ1n) is 10.1. The average Bonchev–Trinajstić information content (AvgIpc) is 3.15. The van der Waals surface area contributed by atoms with E-state index in [2.05, 4.69) is 44.8 Å². The van der Waals surface area contributed by atoms with Crippen molar-refractivity contribution in [3.63, 3.8) is 0 Å². The molecule has 1 aromatic heterocycles. The summed E-state index contributed by atoms with van der Waals surface area (Å²) in [6, 6.07) is 10.1. The van der Waals surface area contributed by atoms with E-state index in [4.69, 9.17) is 13.9 Å². The fourth-order valence-corrected chi connectivity index (χ4v) is 3.40. The van der Waals surface area contributed by atoms with Crippen molar-refractivity contribution in [1.29, 1.82) is 0 Å². The summed E-state index contributed by atoms with van der Waals surface area (Å²) in [4.78, 5) is 18.4. The number of esters is 1. The highest BCUT2D eigenvalue weighted by Crippen LogP contribution is 2.16. The van der Waals surface area contributed by atoms with Crippen LogP contribution >= 0.6 is 24.0 Å². The van der Waals surface area contributed by atoms with Crippen molar-refractivity contribution in [2.45, 2.75) is 26.6 Å². The SMILES string of the molecule is CN=C(NCc1cc(C(=O)OC)c(C)o1)NCc1ccccc1CN1CCOCC1.I. The Morgan fingerprint density at radius 2 is 1.84 bits per heavy atom. The van der Waals surface area contributed by atoms with Crippen LogP contribution < -0.4 is 10.6 Å². The Morgan fingerprint density at radius 3 is 2.52 bits per heavy atom. The van der Waals surface area contributed by atoms with Crippen LogP contribution in [0.15, 0.2) is 39.7 Å². The number of morpholine rings is 1. The Kier molecular flexibility index (Phi) is 10.3. The lowest BCUT2D eigenvalue weighted by Gasteiger charge is -2.27. The van der Waals surface area contributed by atoms with Crippen LogP contribution in [-0.4, -0.2) is 57.3 Å². The number of carbonyl (C=O) groups is 1. The number of hydrogen-bond acceptors (Lipinski definition) is 6. The number of aliphatic imine (C=N–C) groups is 1. The molecule has 0 bridgehead atoms. The third-order valence-electron chi connectivity index (χ3n) is 5.09. The molecule has 0 aliphatic carbocycles. The van der Waals surface area contributed by atoms with E-state index in [1.165, 1.54) is 18.2 Å². The van der Waals surface area contributed by atoms with Crippen LogP contribution in [0.25, 0.3) is 0 Å². The minimum absolute atomic E-state index is 0. The van der Waals surface area contributed by atoms with Gasteiger partial charge in [0.05, 0.1) is 26.9 Å². The number of halogens is 1. The molecule has 0 saturated carbocycles. The van der Waals surface area contributed by atoms with E-state index in [9.17, 15) is 4.79 Å². The lowest BCUT2D eigenvalue weighted by Crippen LogP contribution is -2.37. The molecule has 1 aliphatic heterocycles. The second-order valence-corrected chi connectivity index (χ2v) is 7.11. The molecule has 0 unspecified atom stereocenters. The van der Waals surface area contributed by atoms with Gasteiger partial charge in [-0.15, -0.1) is 24.0 Å². The van der Waals surface area contributed by atoms with Gasteiger partial charge in [0.25, 0.3) is 0 Å². The van der Waals surface area contributed by atoms with Crippen molar-refractivity contribution in [2.24, 2.45) is 4.99 Å². The number of nitrogens with zero attached hydrogens (tertiary/aromatic N) is 2. The van der Waals surface area contributed by atoms with E-state index in [-0.39, 0.29) is 24.0 Å². The zero-order valence-electron chi connectivity index (χ0n) is 18.3. The second kappa shape index (κ2) is 12.7. The molecule has 0 spiro atoms. The van der Waals surface area contributed by atoms with Gasteiger partial charge in [-0.05, 0) is 24.1 Å². The maximum Gasteiger partial charge on any atom is 0.341 e. The highest BCUT2D eigenvalue weighted by molar-refractivity contribution is 14.0. The van der Waals surface area contributed by atoms with Gasteiger partial charge in [-0.25, -0.2) is 4.79 Å². The minimum Gasteiger partial charge on any atom is -0.465 e. The molecule has 1 fully saturated rings. The number of guanidine groups is 1. The van der Waals surface area contributed by atoms with E-state index < -0.39 is 5.97 Å². The number of benzene rings is 1. The van der Waals surface area contributed by atoms with Gasteiger partial charge < -0.3 is 24.5 Å². The van der Waals surface area contributed by atoms with Crippen molar-refractivity contribution in [1.82, 2.24) is 15.5 Å². The molecule has 2 N–H and O–H groups in total. The molecule has 0 atom stereocenters. The number of furan rings is 1. The normalized spacial score (nSPS) is 14.6. The first-order valence-corrected chi connectivity index (χ1v) is 10.1. The minimum atomic E-state index is -0.401. The number of rotatable bonds is 7. The van der Waals surface area contributed by atoms with Crippen LogP contribution in [-0.2, 0) is 29.1 Å². The van der Waals surface area contributed by atoms with Crippen molar-refractivity contribution in [3.8, 4) is 0 Å². The molecule has 31 heavy (non-hydrogen) atoms. The topological polar surface area (TPSA) is 88.3 Å². The fourth-order valence-electron chi connectivity index (χ4n) is 3.40. The number of hydrogen-bond donors (Lipinski definition) is 2. The summed E-state index contributed by atoms with van der Waals surface area (Å²) in [5, 5.41) is 6.57. The number of aryl methyl sites for hydroxylation is 1. The summed E-state index contributed by atoms with van der Waals surface area (Å²) >= 11 is 0. The smallest absolute Gasteiger partial charge is 0.341 e. The first kappa shape index (κ1) is 25.2. The molecule has 170 valence electrons. The fraction of sp³-hybridized carbons (Fsp3) is 0.455. The zero-order valence-corrected chi connectivity index (χ0v) is 20.6. The van der Waals surface area contributed by atoms with Crippen LogP contribution in [0.1, 0.15) is 33.0 Å². The molecular weight excluding hydrogens is 511 g/mol. The molecule has 1 saturated heterocycles. The van der Waals surface area contributed by atoms with Gasteiger partial charge in [0.1, 0.15) is 17.1 Å². The molecule has 1 aromatic carbocycles. The summed E-state index contributed by atoms with van der Waals surface area (Å²) in [7, 11) is 3.08. The second-order valence-electron chi connectivity index (χ2n) is 7.11. The monoisotopic (exact) mass is 542 g/mol. The Labute approximate surface area is 200 Å². The molecule has 9 heteroatoms. The highest BCUT2D eigenvalue weighted by atomic mass is 127. The highest BCUT2D eigenvalue weighted by Gasteiger charge is 2.16. The summed E-state index contributed by atoms with van der Waals surface area (Å²) in [5.74, 6) is 1.44. The third-order valence-corrected chi connectivity index (χ3v) is 5.09. The van der Waals surface area contributed by atoms with Crippen LogP contribution in [0, 0.1) is 6.92 Å². The predicted molar refractivity (Wildman–Crippen MR) is 130 cm³/mol. The zero-order chi connectivity index (χ0) is 21.3. The number of ether oxygens (including phenoxy) is 2. The van der Waals surface area contributed by atoms with Crippen LogP contribution in [0.2, 0.25) is 0 Å². The predicted octanol–water partition coefficient (Wildman–Crippen LogP) is 2.69. The van der Waals surface area contributed by atoms with Crippen LogP contribution in [0.5, 0.6) is 0 Å². The Morgan fingerprint density at radius 1 is 1.16 bits per heavy atom. The maximum absolute atomic E-state index is 11.7. The van der Waals surface area contributed by atoms with E-state index in [1.807, 2.05) is 0 Å². The summed E-state index contributed by atoms with van der Waals surface area (Å²) < 4.78 is 15.8. The molecule has 2 heterocycles. The Hall–Kier alpha value is -2.11. The Bertz CT molecular complexity index is 878. The van der Waals surface area contributed by atoms with Gasteiger partial charge in [0.2, 0.25) is 0 Å². The van der Waals surface area contributed by atoms with E-state index in [1.54, 1.807) is 20.0 Å². The lowest BCUT2D eigenvalue weighted by molar-refractivity contribution is 0.0341. The molecule has 0 radical (unpaired) electrons. The number of carbonyl (C=O) groups excluding carboxylic acids is 1. The molecule has 1 aliphatic rings. The van der Waals surface area contributed by atoms with Gasteiger partial charge in [0.15, 0.2) is 5.96 Å². The molecule has 0 amide bonds. The number of methoxy groups -OCH3 is 1. The van der Waals surface area contributed by atoms with Gasteiger partial charge >= 0.3 is 5.97 Å². The van der Waals surface area contributed by atoms with E-state index in [0.29, 0.717) is 36.1 Å². The molecule has 2 aromatic rings. The van der Waals surface area contributed by atoms with Crippen molar-refractivity contribution in [3.05, 3.63) is 58.5 Å². The van der Waals surface area contributed by atoms with Gasteiger partial charge in [-0.2, -0.15) is 0 Å². The van der Waals surface area contributed by atoms with Crippen molar-refractivity contribution < 1.29 is 18.7 Å². The van der Waals surface area contributed by atoms with Gasteiger partial charge in [0, 0.05) is 33.2 Å². The summed E-state index contributed by atoms with van der Waals surface area (Å²) in [5.41, 5.74) is 2.97. The standard InChI is InChI=1S/C22H30N4O4.HI/c1-16-20(21(27)28-3)12-19(30-16)14-25-22(23-2)24-13-17-6-4-5-7-18(17)15-26-8-10-29-11-9-26;/h4-7,12H,8-11,13-15H2,1-3H3,(H2,23,24,25);1H. The first-order chi connectivity index (χ1) is 14.6. The molecular formula is C22H31IN4O4. The van der Waals surface area contributed by atoms with Gasteiger partial charge in [-0.3, -0.25) is 9.89 Å². The number of nitrogens with one attached hydrogen (secondary N) is 2. The van der Waals surface area contributed by atoms with Gasteiger partial charge in [-0.1, -0.05) is 24.3 Å².